The monoisotopic (exact) mass is 406 g/mol. The fraction of sp³-hybridized carbons (Fsp3) is 0.963. The minimum Gasteiger partial charge on any atom is -0.465 e. The Labute approximate surface area is 181 Å². The van der Waals surface area contributed by atoms with E-state index in [0.29, 0.717) is 6.61 Å². The summed E-state index contributed by atoms with van der Waals surface area (Å²) in [5, 5.41) is 0. The number of ether oxygens (including phenoxy) is 1. The molecule has 0 aromatic carbocycles. The molecule has 0 spiro atoms. The topological polar surface area (TPSA) is 26.3 Å². The van der Waals surface area contributed by atoms with E-state index in [-0.39, 0.29) is 17.3 Å². The zero-order valence-corrected chi connectivity index (χ0v) is 20.0. The summed E-state index contributed by atoms with van der Waals surface area (Å²) >= 11 is 0. The summed E-state index contributed by atoms with van der Waals surface area (Å²) in [6.45, 7) is 7.60. The van der Waals surface area contributed by atoms with Gasteiger partial charge in [-0.3, -0.25) is 4.79 Å². The van der Waals surface area contributed by atoms with Gasteiger partial charge in [-0.2, -0.15) is 0 Å². The predicted molar refractivity (Wildman–Crippen MR) is 124 cm³/mol. The first-order chi connectivity index (χ1) is 14.1. The third-order valence-corrected chi connectivity index (χ3v) is 7.94. The highest BCUT2D eigenvalue weighted by atomic mass is 16.5. The molecule has 1 atom stereocenters. The van der Waals surface area contributed by atoms with E-state index < -0.39 is 0 Å². The Morgan fingerprint density at radius 2 is 1.59 bits per heavy atom. The van der Waals surface area contributed by atoms with Crippen molar-refractivity contribution in [2.75, 3.05) is 6.61 Å². The summed E-state index contributed by atoms with van der Waals surface area (Å²) in [6, 6.07) is 0. The standard InChI is InChI=1S/C27H50O2/c1-4-6-8-13-23(12-5-2)14-11-15-24-16-18-25(19-17-24)26(28)29-22-27(3)20-9-7-10-21-27/h23-25H,4-22H2,1-3H3. The maximum atomic E-state index is 12.6. The van der Waals surface area contributed by atoms with Gasteiger partial charge in [0, 0.05) is 5.41 Å². The van der Waals surface area contributed by atoms with Crippen molar-refractivity contribution >= 4 is 5.97 Å². The molecule has 0 N–H and O–H groups in total. The van der Waals surface area contributed by atoms with Crippen LogP contribution in [-0.2, 0) is 9.53 Å². The maximum Gasteiger partial charge on any atom is 0.308 e. The van der Waals surface area contributed by atoms with Crippen LogP contribution in [0.1, 0.15) is 136 Å². The van der Waals surface area contributed by atoms with E-state index in [2.05, 4.69) is 20.8 Å². The molecule has 0 amide bonds. The fourth-order valence-corrected chi connectivity index (χ4v) is 5.82. The van der Waals surface area contributed by atoms with Gasteiger partial charge in [-0.15, -0.1) is 0 Å². The van der Waals surface area contributed by atoms with Gasteiger partial charge in [0.1, 0.15) is 0 Å². The highest BCUT2D eigenvalue weighted by molar-refractivity contribution is 5.72. The summed E-state index contributed by atoms with van der Waals surface area (Å²) in [6.07, 6.45) is 23.6. The zero-order chi connectivity index (χ0) is 21.0. The minimum atomic E-state index is 0.106. The van der Waals surface area contributed by atoms with Crippen molar-refractivity contribution in [3.8, 4) is 0 Å². The van der Waals surface area contributed by atoms with Crippen molar-refractivity contribution in [3.63, 3.8) is 0 Å². The molecule has 0 aromatic heterocycles. The van der Waals surface area contributed by atoms with E-state index in [1.54, 1.807) is 0 Å². The van der Waals surface area contributed by atoms with Gasteiger partial charge in [0.2, 0.25) is 0 Å². The van der Waals surface area contributed by atoms with Crippen LogP contribution in [0.4, 0.5) is 0 Å². The van der Waals surface area contributed by atoms with Crippen molar-refractivity contribution in [2.45, 2.75) is 136 Å². The maximum absolute atomic E-state index is 12.6. The zero-order valence-electron chi connectivity index (χ0n) is 20.0. The number of carbonyl (C=O) groups excluding carboxylic acids is 1. The summed E-state index contributed by atoms with van der Waals surface area (Å²) in [4.78, 5) is 12.6. The van der Waals surface area contributed by atoms with Crippen LogP contribution in [0.3, 0.4) is 0 Å². The lowest BCUT2D eigenvalue weighted by molar-refractivity contribution is -0.154. The Morgan fingerprint density at radius 3 is 2.24 bits per heavy atom. The highest BCUT2D eigenvalue weighted by Gasteiger charge is 2.31. The summed E-state index contributed by atoms with van der Waals surface area (Å²) in [5.74, 6) is 2.10. The first-order valence-electron chi connectivity index (χ1n) is 13.2. The molecule has 2 rings (SSSR count). The molecule has 2 aliphatic rings. The van der Waals surface area contributed by atoms with E-state index in [4.69, 9.17) is 4.74 Å². The van der Waals surface area contributed by atoms with E-state index in [1.807, 2.05) is 0 Å². The number of esters is 1. The average molecular weight is 407 g/mol. The van der Waals surface area contributed by atoms with Gasteiger partial charge in [0.25, 0.3) is 0 Å². The molecule has 1 unspecified atom stereocenters. The van der Waals surface area contributed by atoms with E-state index in [9.17, 15) is 4.79 Å². The molecule has 0 heterocycles. The van der Waals surface area contributed by atoms with Crippen LogP contribution in [-0.4, -0.2) is 12.6 Å². The van der Waals surface area contributed by atoms with Gasteiger partial charge in [0.05, 0.1) is 12.5 Å². The molecule has 0 aliphatic heterocycles. The van der Waals surface area contributed by atoms with Gasteiger partial charge in [-0.05, 0) is 50.4 Å². The SMILES string of the molecule is CCCCCC(CCC)CCCC1CCC(C(=O)OCC2(C)CCCCC2)CC1. The second-order valence-electron chi connectivity index (χ2n) is 10.8. The van der Waals surface area contributed by atoms with Crippen LogP contribution in [0, 0.1) is 23.2 Å². The van der Waals surface area contributed by atoms with Crippen LogP contribution in [0.2, 0.25) is 0 Å². The minimum absolute atomic E-state index is 0.106. The lowest BCUT2D eigenvalue weighted by Gasteiger charge is -2.34. The largest absolute Gasteiger partial charge is 0.465 e. The van der Waals surface area contributed by atoms with Crippen LogP contribution in [0.5, 0.6) is 0 Å². The summed E-state index contributed by atoms with van der Waals surface area (Å²) < 4.78 is 5.81. The lowest BCUT2D eigenvalue weighted by Crippen LogP contribution is -2.31. The Morgan fingerprint density at radius 1 is 0.897 bits per heavy atom. The number of rotatable bonds is 13. The van der Waals surface area contributed by atoms with Crippen LogP contribution in [0.25, 0.3) is 0 Å². The Bertz CT molecular complexity index is 430. The molecule has 0 aromatic rings. The average Bonchev–Trinajstić information content (AvgIpc) is 2.73. The van der Waals surface area contributed by atoms with E-state index >= 15 is 0 Å². The molecule has 0 bridgehead atoms. The normalized spacial score (nSPS) is 25.5. The molecular weight excluding hydrogens is 356 g/mol. The van der Waals surface area contributed by atoms with Gasteiger partial charge >= 0.3 is 5.97 Å². The van der Waals surface area contributed by atoms with Crippen molar-refractivity contribution in [1.29, 1.82) is 0 Å². The molecular formula is C27H50O2. The second-order valence-corrected chi connectivity index (χ2v) is 10.8. The van der Waals surface area contributed by atoms with E-state index in [1.165, 1.54) is 103 Å². The smallest absolute Gasteiger partial charge is 0.308 e. The van der Waals surface area contributed by atoms with Gasteiger partial charge in [-0.25, -0.2) is 0 Å². The first kappa shape index (κ1) is 24.7. The molecule has 170 valence electrons. The predicted octanol–water partition coefficient (Wildman–Crippen LogP) is 8.47. The Balaban J connectivity index is 1.59. The van der Waals surface area contributed by atoms with Gasteiger partial charge in [-0.1, -0.05) is 97.8 Å². The Kier molecular flexibility index (Phi) is 11.7. The molecule has 2 heteroatoms. The van der Waals surface area contributed by atoms with Crippen molar-refractivity contribution in [1.82, 2.24) is 0 Å². The number of unbranched alkanes of at least 4 members (excludes halogenated alkanes) is 2. The molecule has 2 aliphatic carbocycles. The molecule has 2 saturated carbocycles. The third-order valence-electron chi connectivity index (χ3n) is 7.94. The highest BCUT2D eigenvalue weighted by Crippen LogP contribution is 2.37. The van der Waals surface area contributed by atoms with Gasteiger partial charge in [0.15, 0.2) is 0 Å². The summed E-state index contributed by atoms with van der Waals surface area (Å²) in [5.41, 5.74) is 0.247. The second kappa shape index (κ2) is 13.7. The first-order valence-corrected chi connectivity index (χ1v) is 13.2. The fourth-order valence-electron chi connectivity index (χ4n) is 5.82. The molecule has 2 nitrogen and oxygen atoms in total. The number of carbonyl (C=O) groups is 1. The van der Waals surface area contributed by atoms with Crippen LogP contribution < -0.4 is 0 Å². The molecule has 2 fully saturated rings. The summed E-state index contributed by atoms with van der Waals surface area (Å²) in [7, 11) is 0. The van der Waals surface area contributed by atoms with Gasteiger partial charge < -0.3 is 4.74 Å². The van der Waals surface area contributed by atoms with Crippen LogP contribution >= 0.6 is 0 Å². The van der Waals surface area contributed by atoms with Crippen LogP contribution in [0.15, 0.2) is 0 Å². The van der Waals surface area contributed by atoms with Crippen molar-refractivity contribution in [2.24, 2.45) is 23.2 Å². The molecule has 29 heavy (non-hydrogen) atoms. The van der Waals surface area contributed by atoms with E-state index in [0.717, 1.165) is 24.7 Å². The number of hydrogen-bond donors (Lipinski definition) is 0. The van der Waals surface area contributed by atoms with Crippen molar-refractivity contribution in [3.05, 3.63) is 0 Å². The molecule has 0 radical (unpaired) electrons. The van der Waals surface area contributed by atoms with Crippen molar-refractivity contribution < 1.29 is 9.53 Å². The Hall–Kier alpha value is -0.530. The third kappa shape index (κ3) is 9.43. The number of hydrogen-bond acceptors (Lipinski definition) is 2. The quantitative estimate of drug-likeness (QED) is 0.226. The lowest BCUT2D eigenvalue weighted by atomic mass is 9.76. The molecule has 0 saturated heterocycles.